The van der Waals surface area contributed by atoms with Crippen molar-refractivity contribution in [1.29, 1.82) is 0 Å². The van der Waals surface area contributed by atoms with Gasteiger partial charge in [0.2, 0.25) is 0 Å². The summed E-state index contributed by atoms with van der Waals surface area (Å²) in [5.41, 5.74) is 0. The molecule has 0 saturated carbocycles. The third-order valence-corrected chi connectivity index (χ3v) is 10.3. The van der Waals surface area contributed by atoms with Crippen molar-refractivity contribution in [3.63, 3.8) is 0 Å². The van der Waals surface area contributed by atoms with Gasteiger partial charge in [-0.2, -0.15) is 0 Å². The summed E-state index contributed by atoms with van der Waals surface area (Å²) in [7, 11) is 0. The maximum Gasteiger partial charge on any atom is 0.310 e. The molecule has 0 aliphatic rings. The molecule has 0 aromatic carbocycles. The smallest absolute Gasteiger partial charge is 0.310 e. The van der Waals surface area contributed by atoms with Crippen LogP contribution in [0.15, 0.2) is 158 Å². The Labute approximate surface area is 416 Å². The molecular weight excluding hydrogens is 841 g/mol. The first-order valence-electron chi connectivity index (χ1n) is 26.5. The van der Waals surface area contributed by atoms with Crippen molar-refractivity contribution < 1.29 is 28.6 Å². The minimum atomic E-state index is -0.856. The Morgan fingerprint density at radius 1 is 0.324 bits per heavy atom. The Bertz CT molecular complexity index is 1590. The van der Waals surface area contributed by atoms with Crippen molar-refractivity contribution >= 4 is 17.9 Å². The van der Waals surface area contributed by atoms with Gasteiger partial charge >= 0.3 is 17.9 Å². The Morgan fingerprint density at radius 3 is 1.00 bits per heavy atom. The zero-order valence-electron chi connectivity index (χ0n) is 43.0. The maximum atomic E-state index is 12.7. The van der Waals surface area contributed by atoms with Gasteiger partial charge in [-0.3, -0.25) is 14.4 Å². The third kappa shape index (κ3) is 52.0. The molecule has 0 spiro atoms. The molecule has 0 radical (unpaired) electrons. The van der Waals surface area contributed by atoms with Crippen molar-refractivity contribution in [2.24, 2.45) is 0 Å². The summed E-state index contributed by atoms with van der Waals surface area (Å²) in [4.78, 5) is 37.9. The lowest BCUT2D eigenvalue weighted by Gasteiger charge is -2.18. The largest absolute Gasteiger partial charge is 0.462 e. The molecule has 0 aromatic rings. The second-order valence-corrected chi connectivity index (χ2v) is 16.7. The van der Waals surface area contributed by atoms with Crippen molar-refractivity contribution in [3.8, 4) is 0 Å². The first-order chi connectivity index (χ1) is 33.5. The van der Waals surface area contributed by atoms with E-state index < -0.39 is 12.1 Å². The molecule has 0 aromatic heterocycles. The number of unbranched alkanes of at least 4 members (excludes halogenated alkanes) is 9. The fourth-order valence-corrected chi connectivity index (χ4v) is 6.38. The molecule has 378 valence electrons. The second-order valence-electron chi connectivity index (χ2n) is 16.7. The van der Waals surface area contributed by atoms with Crippen LogP contribution in [-0.4, -0.2) is 37.2 Å². The third-order valence-electron chi connectivity index (χ3n) is 10.3. The second kappa shape index (κ2) is 54.6. The minimum absolute atomic E-state index is 0.0795. The Morgan fingerprint density at radius 2 is 0.618 bits per heavy atom. The van der Waals surface area contributed by atoms with E-state index in [1.165, 1.54) is 12.8 Å². The lowest BCUT2D eigenvalue weighted by Crippen LogP contribution is -2.30. The first-order valence-corrected chi connectivity index (χ1v) is 26.5. The highest BCUT2D eigenvalue weighted by atomic mass is 16.6. The summed E-state index contributed by atoms with van der Waals surface area (Å²) in [5.74, 6) is -1.13. The average molecular weight is 935 g/mol. The lowest BCUT2D eigenvalue weighted by atomic mass is 10.1. The van der Waals surface area contributed by atoms with E-state index in [1.807, 2.05) is 6.08 Å². The lowest BCUT2D eigenvalue weighted by molar-refractivity contribution is -0.166. The fraction of sp³-hybridized carbons (Fsp3) is 0.532. The predicted octanol–water partition coefficient (Wildman–Crippen LogP) is 17.8. The molecular formula is C62H94O6. The van der Waals surface area contributed by atoms with Crippen molar-refractivity contribution in [2.75, 3.05) is 13.2 Å². The molecule has 0 amide bonds. The quantitative estimate of drug-likeness (QED) is 0.0262. The number of rotatable bonds is 45. The SMILES string of the molecule is CC/C=C\C/C=C\C/C=C\C/C=C\C/C=C\C/C=C\C/C=C\CCCCCC(=O)OCC(COC(=O)CCCCCCC/C=C\CCC)OC(=O)C/C=C\C/C=C\C/C=C\C/C=C\C/C=C\CC. The van der Waals surface area contributed by atoms with Gasteiger partial charge in [0.1, 0.15) is 13.2 Å². The van der Waals surface area contributed by atoms with E-state index in [4.69, 9.17) is 14.2 Å². The van der Waals surface area contributed by atoms with Crippen molar-refractivity contribution in [2.45, 2.75) is 200 Å². The Kier molecular flexibility index (Phi) is 50.6. The monoisotopic (exact) mass is 935 g/mol. The number of allylic oxidation sites excluding steroid dienone is 25. The van der Waals surface area contributed by atoms with Crippen LogP contribution in [0.4, 0.5) is 0 Å². The van der Waals surface area contributed by atoms with E-state index in [-0.39, 0.29) is 38.0 Å². The van der Waals surface area contributed by atoms with Gasteiger partial charge in [-0.25, -0.2) is 0 Å². The maximum absolute atomic E-state index is 12.7. The first kappa shape index (κ1) is 63.0. The number of hydrogen-bond donors (Lipinski definition) is 0. The van der Waals surface area contributed by atoms with E-state index in [0.717, 1.165) is 135 Å². The highest BCUT2D eigenvalue weighted by molar-refractivity contribution is 5.72. The van der Waals surface area contributed by atoms with Crippen LogP contribution in [0.3, 0.4) is 0 Å². The molecule has 0 aliphatic heterocycles. The molecule has 0 fully saturated rings. The van der Waals surface area contributed by atoms with Gasteiger partial charge in [-0.15, -0.1) is 0 Å². The van der Waals surface area contributed by atoms with E-state index in [0.29, 0.717) is 12.8 Å². The normalized spacial score (nSPS) is 13.4. The molecule has 0 rings (SSSR count). The summed E-state index contributed by atoms with van der Waals surface area (Å²) in [6.45, 7) is 6.19. The summed E-state index contributed by atoms with van der Waals surface area (Å²) >= 11 is 0. The van der Waals surface area contributed by atoms with Crippen LogP contribution in [0.1, 0.15) is 194 Å². The van der Waals surface area contributed by atoms with Gasteiger partial charge in [0, 0.05) is 12.8 Å². The zero-order valence-corrected chi connectivity index (χ0v) is 43.0. The summed E-state index contributed by atoms with van der Waals surface area (Å²) in [6, 6.07) is 0. The predicted molar refractivity (Wildman–Crippen MR) is 292 cm³/mol. The topological polar surface area (TPSA) is 78.9 Å². The van der Waals surface area contributed by atoms with E-state index in [2.05, 4.69) is 167 Å². The van der Waals surface area contributed by atoms with Crippen LogP contribution >= 0.6 is 0 Å². The molecule has 0 heterocycles. The number of esters is 3. The zero-order chi connectivity index (χ0) is 49.3. The Balaban J connectivity index is 4.51. The van der Waals surface area contributed by atoms with Crippen LogP contribution < -0.4 is 0 Å². The number of hydrogen-bond acceptors (Lipinski definition) is 6. The standard InChI is InChI=1S/C62H94O6/c1-4-7-10-13-16-19-22-24-26-27-28-29-30-31-32-33-34-35-37-38-40-43-46-49-52-55-61(64)67-58-59(57-66-60(63)54-51-48-45-42-21-18-15-12-9-6-3)68-62(65)56-53-50-47-44-41-39-36-25-23-20-17-14-11-8-5-2/h7-8,10-12,15-17,19-20,24-26,28-29,31-32,34-36,38,40-41,44,50,53,59H,4-6,9,13-14,18,21-23,27,30,33,37,39,42-43,45-49,51-52,54-58H2,1-3H3/b10-7-,11-8-,15-12-,19-16-,20-17-,26-24-,29-28-,32-31-,35-34-,36-25-,40-38-,44-41-,53-50-. The van der Waals surface area contributed by atoms with Crippen LogP contribution in [0.25, 0.3) is 0 Å². The summed E-state index contributed by atoms with van der Waals surface area (Å²) in [6.07, 6.45) is 79.8. The molecule has 0 aliphatic carbocycles. The minimum Gasteiger partial charge on any atom is -0.462 e. The van der Waals surface area contributed by atoms with Crippen LogP contribution in [-0.2, 0) is 28.6 Å². The van der Waals surface area contributed by atoms with Gasteiger partial charge in [0.15, 0.2) is 6.10 Å². The molecule has 1 unspecified atom stereocenters. The number of carbonyl (C=O) groups excluding carboxylic acids is 3. The van der Waals surface area contributed by atoms with Crippen molar-refractivity contribution in [1.82, 2.24) is 0 Å². The van der Waals surface area contributed by atoms with Crippen LogP contribution in [0, 0.1) is 0 Å². The molecule has 6 nitrogen and oxygen atoms in total. The van der Waals surface area contributed by atoms with E-state index in [9.17, 15) is 14.4 Å². The molecule has 68 heavy (non-hydrogen) atoms. The van der Waals surface area contributed by atoms with Gasteiger partial charge < -0.3 is 14.2 Å². The molecule has 0 N–H and O–H groups in total. The summed E-state index contributed by atoms with van der Waals surface area (Å²) in [5, 5.41) is 0. The molecule has 0 saturated heterocycles. The van der Waals surface area contributed by atoms with E-state index >= 15 is 0 Å². The number of ether oxygens (including phenoxy) is 3. The average Bonchev–Trinajstić information content (AvgIpc) is 3.34. The fourth-order valence-electron chi connectivity index (χ4n) is 6.38. The van der Waals surface area contributed by atoms with Gasteiger partial charge in [-0.05, 0) is 122 Å². The van der Waals surface area contributed by atoms with Gasteiger partial charge in [0.05, 0.1) is 6.42 Å². The molecule has 0 bridgehead atoms. The van der Waals surface area contributed by atoms with Crippen LogP contribution in [0.2, 0.25) is 0 Å². The highest BCUT2D eigenvalue weighted by Gasteiger charge is 2.19. The van der Waals surface area contributed by atoms with Gasteiger partial charge in [-0.1, -0.05) is 211 Å². The number of carbonyl (C=O) groups is 3. The van der Waals surface area contributed by atoms with Crippen molar-refractivity contribution in [3.05, 3.63) is 158 Å². The Hall–Kier alpha value is -4.97. The molecule has 6 heteroatoms. The van der Waals surface area contributed by atoms with Crippen LogP contribution in [0.5, 0.6) is 0 Å². The molecule has 1 atom stereocenters. The highest BCUT2D eigenvalue weighted by Crippen LogP contribution is 2.11. The van der Waals surface area contributed by atoms with Gasteiger partial charge in [0.25, 0.3) is 0 Å². The van der Waals surface area contributed by atoms with E-state index in [1.54, 1.807) is 6.08 Å². The summed E-state index contributed by atoms with van der Waals surface area (Å²) < 4.78 is 16.6.